The van der Waals surface area contributed by atoms with Crippen LogP contribution in [0.3, 0.4) is 0 Å². The molecule has 2 heterocycles. The van der Waals surface area contributed by atoms with Gasteiger partial charge >= 0.3 is 5.97 Å². The van der Waals surface area contributed by atoms with Gasteiger partial charge in [-0.15, -0.1) is 0 Å². The number of carbonyl (C=O) groups excluding carboxylic acids is 2. The summed E-state index contributed by atoms with van der Waals surface area (Å²) in [7, 11) is 0. The van der Waals surface area contributed by atoms with Crippen molar-refractivity contribution in [3.63, 3.8) is 0 Å². The van der Waals surface area contributed by atoms with Crippen molar-refractivity contribution in [2.45, 2.75) is 39.5 Å². The maximum Gasteiger partial charge on any atom is 0.354 e. The number of ether oxygens (including phenoxy) is 1. The average molecular weight is 370 g/mol. The fourth-order valence-electron chi connectivity index (χ4n) is 3.10. The molecule has 2 aromatic rings. The molecular formula is C19H22N4O4. The minimum absolute atomic E-state index is 0.00456. The molecule has 0 bridgehead atoms. The molecular weight excluding hydrogens is 348 g/mol. The van der Waals surface area contributed by atoms with Crippen molar-refractivity contribution in [2.75, 3.05) is 6.61 Å². The van der Waals surface area contributed by atoms with Gasteiger partial charge in [0.25, 0.3) is 5.91 Å². The number of aromatic nitrogens is 2. The number of aliphatic hydroxyl groups is 1. The number of rotatable bonds is 5. The zero-order chi connectivity index (χ0) is 19.6. The van der Waals surface area contributed by atoms with Gasteiger partial charge in [0.05, 0.1) is 18.7 Å². The zero-order valence-corrected chi connectivity index (χ0v) is 15.5. The first-order valence-electron chi connectivity index (χ1n) is 8.71. The monoisotopic (exact) mass is 370 g/mol. The number of carbonyl (C=O) groups is 2. The molecule has 1 aromatic carbocycles. The Bertz CT molecular complexity index is 890. The maximum absolute atomic E-state index is 12.9. The average Bonchev–Trinajstić information content (AvgIpc) is 3.16. The van der Waals surface area contributed by atoms with Gasteiger partial charge in [-0.1, -0.05) is 30.3 Å². The van der Waals surface area contributed by atoms with Gasteiger partial charge in [0.2, 0.25) is 0 Å². The molecule has 1 aliphatic rings. The van der Waals surface area contributed by atoms with Crippen LogP contribution < -0.4 is 0 Å². The van der Waals surface area contributed by atoms with Crippen LogP contribution in [-0.4, -0.2) is 44.1 Å². The predicted octanol–water partition coefficient (Wildman–Crippen LogP) is 1.50. The zero-order valence-electron chi connectivity index (χ0n) is 15.5. The lowest BCUT2D eigenvalue weighted by molar-refractivity contribution is -0.158. The smallest absolute Gasteiger partial charge is 0.354 e. The van der Waals surface area contributed by atoms with E-state index in [1.54, 1.807) is 41.9 Å². The molecule has 1 N–H and O–H groups in total. The Labute approximate surface area is 157 Å². The van der Waals surface area contributed by atoms with Gasteiger partial charge < -0.3 is 9.84 Å². The highest BCUT2D eigenvalue weighted by Crippen LogP contribution is 2.35. The summed E-state index contributed by atoms with van der Waals surface area (Å²) in [6, 6.07) is 10.5. The molecule has 0 saturated carbocycles. The summed E-state index contributed by atoms with van der Waals surface area (Å²) < 4.78 is 6.53. The Kier molecular flexibility index (Phi) is 5.09. The van der Waals surface area contributed by atoms with Gasteiger partial charge in [-0.05, 0) is 26.8 Å². The van der Waals surface area contributed by atoms with Gasteiger partial charge in [0.15, 0.2) is 11.4 Å². The lowest BCUT2D eigenvalue weighted by Crippen LogP contribution is -2.45. The van der Waals surface area contributed by atoms with Gasteiger partial charge in [-0.25, -0.2) is 4.79 Å². The minimum Gasteiger partial charge on any atom is -0.461 e. The fraction of sp³-hybridized carbons (Fsp3) is 0.368. The number of hydrogen-bond acceptors (Lipinski definition) is 6. The molecule has 0 fully saturated rings. The topological polar surface area (TPSA) is 97.0 Å². The highest BCUT2D eigenvalue weighted by atomic mass is 16.5. The van der Waals surface area contributed by atoms with E-state index in [1.165, 1.54) is 0 Å². The Morgan fingerprint density at radius 2 is 1.96 bits per heavy atom. The number of amides is 1. The third-order valence-corrected chi connectivity index (χ3v) is 4.36. The van der Waals surface area contributed by atoms with E-state index in [9.17, 15) is 14.7 Å². The van der Waals surface area contributed by atoms with Gasteiger partial charge in [0, 0.05) is 11.3 Å². The standard InChI is InChI=1S/C19H22N4O4/c1-4-27-18(25)16-11-19(26,15-8-6-5-7-9-15)23(21-16)17(24)12-22-14(3)10-13(2)20-22/h5-10,26H,4,11-12H2,1-3H3/t19-/m0/s1. The largest absolute Gasteiger partial charge is 0.461 e. The summed E-state index contributed by atoms with van der Waals surface area (Å²) in [5.74, 6) is -1.12. The van der Waals surface area contributed by atoms with Crippen LogP contribution in [0, 0.1) is 13.8 Å². The number of esters is 1. The molecule has 0 spiro atoms. The highest BCUT2D eigenvalue weighted by Gasteiger charge is 2.48. The van der Waals surface area contributed by atoms with Crippen LogP contribution in [0.1, 0.15) is 30.3 Å². The van der Waals surface area contributed by atoms with Gasteiger partial charge in [0.1, 0.15) is 6.54 Å². The molecule has 1 amide bonds. The van der Waals surface area contributed by atoms with Crippen molar-refractivity contribution in [2.24, 2.45) is 5.10 Å². The first-order chi connectivity index (χ1) is 12.8. The predicted molar refractivity (Wildman–Crippen MR) is 97.6 cm³/mol. The second-order valence-corrected chi connectivity index (χ2v) is 6.42. The molecule has 3 rings (SSSR count). The van der Waals surface area contributed by atoms with E-state index in [2.05, 4.69) is 10.2 Å². The quantitative estimate of drug-likeness (QED) is 0.805. The molecule has 1 atom stereocenters. The van der Waals surface area contributed by atoms with Crippen LogP contribution in [0.5, 0.6) is 0 Å². The molecule has 8 nitrogen and oxygen atoms in total. The van der Waals surface area contributed by atoms with E-state index >= 15 is 0 Å². The number of benzene rings is 1. The summed E-state index contributed by atoms with van der Waals surface area (Å²) in [5.41, 5.74) is 0.324. The van der Waals surface area contributed by atoms with Crippen molar-refractivity contribution in [3.8, 4) is 0 Å². The third kappa shape index (κ3) is 3.61. The van der Waals surface area contributed by atoms with Crippen molar-refractivity contribution in [1.29, 1.82) is 0 Å². The first-order valence-corrected chi connectivity index (χ1v) is 8.71. The Morgan fingerprint density at radius 3 is 2.56 bits per heavy atom. The molecule has 0 saturated heterocycles. The number of nitrogens with zero attached hydrogens (tertiary/aromatic N) is 4. The van der Waals surface area contributed by atoms with Crippen molar-refractivity contribution in [1.82, 2.24) is 14.8 Å². The third-order valence-electron chi connectivity index (χ3n) is 4.36. The van der Waals surface area contributed by atoms with Crippen LogP contribution in [0.4, 0.5) is 0 Å². The number of hydrazone groups is 1. The van der Waals surface area contributed by atoms with Crippen LogP contribution >= 0.6 is 0 Å². The molecule has 8 heteroatoms. The molecule has 0 radical (unpaired) electrons. The van der Waals surface area contributed by atoms with Crippen LogP contribution in [0.15, 0.2) is 41.5 Å². The summed E-state index contributed by atoms with van der Waals surface area (Å²) >= 11 is 0. The summed E-state index contributed by atoms with van der Waals surface area (Å²) in [6.07, 6.45) is -0.140. The molecule has 0 aliphatic carbocycles. The lowest BCUT2D eigenvalue weighted by Gasteiger charge is -2.31. The van der Waals surface area contributed by atoms with E-state index in [1.807, 2.05) is 19.9 Å². The molecule has 27 heavy (non-hydrogen) atoms. The van der Waals surface area contributed by atoms with E-state index in [4.69, 9.17) is 4.74 Å². The van der Waals surface area contributed by atoms with Crippen LogP contribution in [-0.2, 0) is 26.6 Å². The molecule has 0 unspecified atom stereocenters. The van der Waals surface area contributed by atoms with Crippen molar-refractivity contribution < 1.29 is 19.4 Å². The number of aryl methyl sites for hydroxylation is 2. The van der Waals surface area contributed by atoms with E-state index < -0.39 is 17.6 Å². The summed E-state index contributed by atoms with van der Waals surface area (Å²) in [4.78, 5) is 25.1. The second-order valence-electron chi connectivity index (χ2n) is 6.42. The van der Waals surface area contributed by atoms with E-state index in [0.717, 1.165) is 16.4 Å². The van der Waals surface area contributed by atoms with Crippen molar-refractivity contribution in [3.05, 3.63) is 53.3 Å². The maximum atomic E-state index is 12.9. The SMILES string of the molecule is CCOC(=O)C1=NN(C(=O)Cn2nc(C)cc2C)[C@@](O)(c2ccccc2)C1. The van der Waals surface area contributed by atoms with Crippen LogP contribution in [0.2, 0.25) is 0 Å². The molecule has 1 aliphatic heterocycles. The Balaban J connectivity index is 1.94. The molecule has 142 valence electrons. The Morgan fingerprint density at radius 1 is 1.26 bits per heavy atom. The second kappa shape index (κ2) is 7.32. The minimum atomic E-state index is -1.75. The van der Waals surface area contributed by atoms with E-state index in [0.29, 0.717) is 5.56 Å². The van der Waals surface area contributed by atoms with E-state index in [-0.39, 0.29) is 25.3 Å². The highest BCUT2D eigenvalue weighted by molar-refractivity contribution is 6.37. The van der Waals surface area contributed by atoms with Crippen molar-refractivity contribution >= 4 is 17.6 Å². The van der Waals surface area contributed by atoms with Gasteiger partial charge in [-0.2, -0.15) is 15.2 Å². The lowest BCUT2D eigenvalue weighted by atomic mass is 9.97. The summed E-state index contributed by atoms with van der Waals surface area (Å²) in [5, 5.41) is 20.6. The summed E-state index contributed by atoms with van der Waals surface area (Å²) in [6.45, 7) is 5.44. The van der Waals surface area contributed by atoms with Gasteiger partial charge in [-0.3, -0.25) is 9.48 Å². The number of hydrogen-bond donors (Lipinski definition) is 1. The normalized spacial score (nSPS) is 19.1. The first kappa shape index (κ1) is 18.8. The van der Waals surface area contributed by atoms with Crippen LogP contribution in [0.25, 0.3) is 0 Å². The Hall–Kier alpha value is -3.00. The fourth-order valence-corrected chi connectivity index (χ4v) is 3.10. The molecule has 1 aromatic heterocycles.